The Labute approximate surface area is 111 Å². The summed E-state index contributed by atoms with van der Waals surface area (Å²) in [5.41, 5.74) is -0.0296. The molecule has 1 amide bonds. The Morgan fingerprint density at radius 2 is 2.11 bits per heavy atom. The van der Waals surface area contributed by atoms with Crippen LogP contribution in [0, 0.1) is 5.95 Å². The fourth-order valence-corrected chi connectivity index (χ4v) is 1.51. The maximum Gasteiger partial charge on any atom is 0.325 e. The molecule has 0 unspecified atom stereocenters. The van der Waals surface area contributed by atoms with Gasteiger partial charge in [-0.1, -0.05) is 6.07 Å². The van der Waals surface area contributed by atoms with Gasteiger partial charge in [0.25, 0.3) is 5.91 Å². The van der Waals surface area contributed by atoms with Gasteiger partial charge in [0.05, 0.1) is 6.61 Å². The first-order chi connectivity index (χ1) is 8.95. The third-order valence-electron chi connectivity index (χ3n) is 2.42. The Kier molecular flexibility index (Phi) is 5.41. The van der Waals surface area contributed by atoms with Gasteiger partial charge in [-0.15, -0.1) is 0 Å². The quantitative estimate of drug-likeness (QED) is 0.601. The molecule has 0 aliphatic carbocycles. The predicted molar refractivity (Wildman–Crippen MR) is 67.0 cm³/mol. The lowest BCUT2D eigenvalue weighted by molar-refractivity contribution is -0.144. The van der Waals surface area contributed by atoms with Crippen LogP contribution in [-0.2, 0) is 9.53 Å². The number of aromatic nitrogens is 1. The Morgan fingerprint density at radius 3 is 2.63 bits per heavy atom. The third kappa shape index (κ3) is 4.31. The van der Waals surface area contributed by atoms with Gasteiger partial charge in [0, 0.05) is 6.04 Å². The van der Waals surface area contributed by atoms with Crippen LogP contribution >= 0.6 is 0 Å². The molecule has 1 rings (SSSR count). The average Bonchev–Trinajstić information content (AvgIpc) is 2.35. The minimum Gasteiger partial charge on any atom is -0.465 e. The second-order valence-corrected chi connectivity index (χ2v) is 4.18. The van der Waals surface area contributed by atoms with Crippen LogP contribution in [-0.4, -0.2) is 41.0 Å². The molecule has 0 atom stereocenters. The standard InChI is InChI=1S/C13H17FN2O3/c1-4-19-12(17)8-16(9(2)3)13(18)10-6-5-7-11(14)15-10/h5-7,9H,4,8H2,1-3H3. The predicted octanol–water partition coefficient (Wildman–Crippen LogP) is 1.63. The van der Waals surface area contributed by atoms with Gasteiger partial charge in [0.15, 0.2) is 0 Å². The first kappa shape index (κ1) is 15.1. The highest BCUT2D eigenvalue weighted by Gasteiger charge is 2.23. The molecule has 0 fully saturated rings. The van der Waals surface area contributed by atoms with Crippen LogP contribution in [0.25, 0.3) is 0 Å². The van der Waals surface area contributed by atoms with Crippen molar-refractivity contribution in [3.63, 3.8) is 0 Å². The normalized spacial score (nSPS) is 10.4. The summed E-state index contributed by atoms with van der Waals surface area (Å²) in [6, 6.07) is 3.74. The zero-order valence-corrected chi connectivity index (χ0v) is 11.2. The van der Waals surface area contributed by atoms with Gasteiger partial charge >= 0.3 is 5.97 Å². The lowest BCUT2D eigenvalue weighted by Gasteiger charge is -2.25. The number of halogens is 1. The van der Waals surface area contributed by atoms with Gasteiger partial charge in [-0.25, -0.2) is 4.98 Å². The molecule has 0 spiro atoms. The van der Waals surface area contributed by atoms with E-state index >= 15 is 0 Å². The van der Waals surface area contributed by atoms with Crippen LogP contribution < -0.4 is 0 Å². The summed E-state index contributed by atoms with van der Waals surface area (Å²) in [6.07, 6.45) is 0. The highest BCUT2D eigenvalue weighted by molar-refractivity contribution is 5.94. The molecule has 1 aromatic rings. The molecular formula is C13H17FN2O3. The topological polar surface area (TPSA) is 59.5 Å². The first-order valence-corrected chi connectivity index (χ1v) is 6.04. The van der Waals surface area contributed by atoms with Crippen LogP contribution in [0.3, 0.4) is 0 Å². The number of amides is 1. The molecule has 5 nitrogen and oxygen atoms in total. The summed E-state index contributed by atoms with van der Waals surface area (Å²) in [6.45, 7) is 5.28. The van der Waals surface area contributed by atoms with Crippen molar-refractivity contribution in [1.82, 2.24) is 9.88 Å². The van der Waals surface area contributed by atoms with Gasteiger partial charge < -0.3 is 9.64 Å². The Hall–Kier alpha value is -1.98. The molecule has 0 aliphatic rings. The fourth-order valence-electron chi connectivity index (χ4n) is 1.51. The molecule has 104 valence electrons. The first-order valence-electron chi connectivity index (χ1n) is 6.04. The average molecular weight is 268 g/mol. The maximum absolute atomic E-state index is 13.0. The van der Waals surface area contributed by atoms with E-state index in [1.807, 2.05) is 0 Å². The van der Waals surface area contributed by atoms with E-state index in [-0.39, 0.29) is 24.9 Å². The Bertz CT molecular complexity index is 463. The molecule has 0 aromatic carbocycles. The number of hydrogen-bond acceptors (Lipinski definition) is 4. The summed E-state index contributed by atoms with van der Waals surface area (Å²) < 4.78 is 17.8. The zero-order chi connectivity index (χ0) is 14.4. The van der Waals surface area contributed by atoms with Crippen molar-refractivity contribution < 1.29 is 18.7 Å². The van der Waals surface area contributed by atoms with Gasteiger partial charge in [0.2, 0.25) is 5.95 Å². The second-order valence-electron chi connectivity index (χ2n) is 4.18. The van der Waals surface area contributed by atoms with Gasteiger partial charge in [0.1, 0.15) is 12.2 Å². The summed E-state index contributed by atoms with van der Waals surface area (Å²) in [5.74, 6) is -1.73. The third-order valence-corrected chi connectivity index (χ3v) is 2.42. The van der Waals surface area contributed by atoms with E-state index in [4.69, 9.17) is 4.74 Å². The minimum atomic E-state index is -0.731. The second kappa shape index (κ2) is 6.82. The van der Waals surface area contributed by atoms with E-state index < -0.39 is 17.8 Å². The van der Waals surface area contributed by atoms with E-state index in [0.29, 0.717) is 0 Å². The van der Waals surface area contributed by atoms with Crippen molar-refractivity contribution in [1.29, 1.82) is 0 Å². The van der Waals surface area contributed by atoms with Crippen molar-refractivity contribution in [2.45, 2.75) is 26.8 Å². The molecule has 6 heteroatoms. The largest absolute Gasteiger partial charge is 0.465 e. The molecule has 19 heavy (non-hydrogen) atoms. The minimum absolute atomic E-state index is 0.0296. The number of esters is 1. The molecule has 0 aliphatic heterocycles. The van der Waals surface area contributed by atoms with Gasteiger partial charge in [-0.3, -0.25) is 9.59 Å². The molecule has 0 bridgehead atoms. The van der Waals surface area contributed by atoms with Crippen LogP contribution in [0.15, 0.2) is 18.2 Å². The van der Waals surface area contributed by atoms with E-state index in [2.05, 4.69) is 4.98 Å². The highest BCUT2D eigenvalue weighted by Crippen LogP contribution is 2.07. The van der Waals surface area contributed by atoms with E-state index in [1.54, 1.807) is 20.8 Å². The van der Waals surface area contributed by atoms with Crippen molar-refractivity contribution >= 4 is 11.9 Å². The molecular weight excluding hydrogens is 251 g/mol. The number of hydrogen-bond donors (Lipinski definition) is 0. The van der Waals surface area contributed by atoms with Crippen molar-refractivity contribution in [2.75, 3.05) is 13.2 Å². The number of ether oxygens (including phenoxy) is 1. The van der Waals surface area contributed by atoms with Gasteiger partial charge in [-0.05, 0) is 32.9 Å². The smallest absolute Gasteiger partial charge is 0.325 e. The number of rotatable bonds is 5. The van der Waals surface area contributed by atoms with Crippen LogP contribution in [0.2, 0.25) is 0 Å². The van der Waals surface area contributed by atoms with E-state index in [1.165, 1.54) is 17.0 Å². The summed E-state index contributed by atoms with van der Waals surface area (Å²) >= 11 is 0. The molecule has 1 heterocycles. The molecule has 0 saturated heterocycles. The molecule has 1 aromatic heterocycles. The van der Waals surface area contributed by atoms with E-state index in [9.17, 15) is 14.0 Å². The molecule has 0 saturated carbocycles. The van der Waals surface area contributed by atoms with E-state index in [0.717, 1.165) is 6.07 Å². The fraction of sp³-hybridized carbons (Fsp3) is 0.462. The van der Waals surface area contributed by atoms with Gasteiger partial charge in [-0.2, -0.15) is 4.39 Å². The lowest BCUT2D eigenvalue weighted by atomic mass is 10.2. The molecule has 0 radical (unpaired) electrons. The number of carbonyl (C=O) groups excluding carboxylic acids is 2. The van der Waals surface area contributed by atoms with Crippen LogP contribution in [0.1, 0.15) is 31.3 Å². The SMILES string of the molecule is CCOC(=O)CN(C(=O)c1cccc(F)n1)C(C)C. The van der Waals surface area contributed by atoms with Crippen LogP contribution in [0.4, 0.5) is 4.39 Å². The Morgan fingerprint density at radius 1 is 1.42 bits per heavy atom. The number of carbonyl (C=O) groups is 2. The number of nitrogens with zero attached hydrogens (tertiary/aromatic N) is 2. The summed E-state index contributed by atoms with van der Waals surface area (Å²) in [4.78, 5) is 28.4. The van der Waals surface area contributed by atoms with Crippen molar-refractivity contribution in [2.24, 2.45) is 0 Å². The lowest BCUT2D eigenvalue weighted by Crippen LogP contribution is -2.41. The van der Waals surface area contributed by atoms with Crippen molar-refractivity contribution in [3.8, 4) is 0 Å². The summed E-state index contributed by atoms with van der Waals surface area (Å²) in [5, 5.41) is 0. The zero-order valence-electron chi connectivity index (χ0n) is 11.2. The molecule has 0 N–H and O–H groups in total. The summed E-state index contributed by atoms with van der Waals surface area (Å²) in [7, 11) is 0. The number of pyridine rings is 1. The monoisotopic (exact) mass is 268 g/mol. The van der Waals surface area contributed by atoms with Crippen molar-refractivity contribution in [3.05, 3.63) is 29.8 Å². The highest BCUT2D eigenvalue weighted by atomic mass is 19.1. The maximum atomic E-state index is 13.0. The Balaban J connectivity index is 2.87. The van der Waals surface area contributed by atoms with Crippen LogP contribution in [0.5, 0.6) is 0 Å².